The Bertz CT molecular complexity index is 2230. The summed E-state index contributed by atoms with van der Waals surface area (Å²) in [6.07, 6.45) is 2.42. The van der Waals surface area contributed by atoms with Crippen LogP contribution in [0.2, 0.25) is 0 Å². The Morgan fingerprint density at radius 1 is 0.754 bits per heavy atom. The lowest BCUT2D eigenvalue weighted by atomic mass is 9.86. The van der Waals surface area contributed by atoms with Crippen LogP contribution in [0.15, 0.2) is 60.7 Å². The normalized spacial score (nSPS) is 17.7. The number of nitriles is 2. The summed E-state index contributed by atoms with van der Waals surface area (Å²) in [7, 11) is 9.55. The van der Waals surface area contributed by atoms with Gasteiger partial charge >= 0.3 is 0 Å². The second-order valence-electron chi connectivity index (χ2n) is 14.6. The van der Waals surface area contributed by atoms with Gasteiger partial charge in [0.2, 0.25) is 25.1 Å². The Kier molecular flexibility index (Phi) is 13.4. The number of nitrogens with zero attached hydrogens (tertiary/aromatic N) is 4. The van der Waals surface area contributed by atoms with Crippen LogP contribution in [0.1, 0.15) is 79.0 Å². The molecule has 0 bridgehead atoms. The lowest BCUT2D eigenvalue weighted by Crippen LogP contribution is -3.00. The molecule has 0 saturated carbocycles. The molecule has 14 heteroatoms. The minimum atomic E-state index is -0.110. The summed E-state index contributed by atoms with van der Waals surface area (Å²) in [5, 5.41) is 17.9. The van der Waals surface area contributed by atoms with Crippen molar-refractivity contribution in [3.05, 3.63) is 105 Å². The topological polar surface area (TPSA) is 140 Å². The van der Waals surface area contributed by atoms with E-state index in [9.17, 15) is 9.59 Å². The first-order valence-electron chi connectivity index (χ1n) is 18.1. The number of benzene rings is 4. The highest BCUT2D eigenvalue weighted by atomic mass is 127. The monoisotopic (exact) mass is 881 g/mol. The Labute approximate surface area is 352 Å². The minimum absolute atomic E-state index is 0. The zero-order valence-corrected chi connectivity index (χ0v) is 34.8. The van der Waals surface area contributed by atoms with Crippen molar-refractivity contribution in [3.8, 4) is 46.6 Å². The van der Waals surface area contributed by atoms with Crippen LogP contribution in [0.25, 0.3) is 0 Å². The van der Waals surface area contributed by atoms with Gasteiger partial charge in [0, 0.05) is 50.5 Å². The molecule has 0 spiro atoms. The van der Waals surface area contributed by atoms with Gasteiger partial charge in [-0.25, -0.2) is 0 Å². The maximum atomic E-state index is 13.1. The number of quaternary nitrogens is 1. The fourth-order valence-corrected chi connectivity index (χ4v) is 7.95. The summed E-state index contributed by atoms with van der Waals surface area (Å²) >= 11 is 0. The number of hydrogen-bond acceptors (Lipinski definition) is 11. The lowest BCUT2D eigenvalue weighted by molar-refractivity contribution is -0.922. The average molecular weight is 882 g/mol. The van der Waals surface area contributed by atoms with Gasteiger partial charge < -0.3 is 56.9 Å². The van der Waals surface area contributed by atoms with E-state index in [1.54, 1.807) is 62.8 Å². The molecule has 57 heavy (non-hydrogen) atoms. The van der Waals surface area contributed by atoms with Crippen molar-refractivity contribution in [2.75, 3.05) is 62.0 Å². The highest BCUT2D eigenvalue weighted by molar-refractivity contribution is 5.97. The first-order valence-corrected chi connectivity index (χ1v) is 18.1. The van der Waals surface area contributed by atoms with Crippen LogP contribution in [0.5, 0.6) is 34.5 Å². The van der Waals surface area contributed by atoms with Gasteiger partial charge in [-0.3, -0.25) is 14.5 Å². The van der Waals surface area contributed by atoms with E-state index in [1.165, 1.54) is 0 Å². The minimum Gasteiger partial charge on any atom is -1.00 e. The van der Waals surface area contributed by atoms with Crippen molar-refractivity contribution in [1.82, 2.24) is 4.90 Å². The van der Waals surface area contributed by atoms with Gasteiger partial charge in [-0.1, -0.05) is 24.3 Å². The number of ketones is 2. The maximum Gasteiger partial charge on any atom is 0.231 e. The number of halogens is 1. The molecule has 4 aliphatic heterocycles. The Morgan fingerprint density at radius 2 is 1.23 bits per heavy atom. The third kappa shape index (κ3) is 8.40. The van der Waals surface area contributed by atoms with E-state index in [1.807, 2.05) is 19.2 Å². The molecular weight excluding hydrogens is 838 g/mol. The summed E-state index contributed by atoms with van der Waals surface area (Å²) in [4.78, 5) is 28.1. The highest BCUT2D eigenvalue weighted by Crippen LogP contribution is 2.52. The second kappa shape index (κ2) is 17.9. The standard InChI is InChI=1S/C22H23N2O4.C21H20N2O4.B.HI/c1-24(2)9-8-16-10-19-21(28-13-27-19)22(26-3)20(16)17(24)11-18(25)15-6-4-14(12-23)5-7-15;1-23-8-7-15-9-18-20(27-12-26-18)21(25-2)19(15)16(23)10-17(24)14-5-3-13(11-22)4-6-14;;/h4-7,10,17H,8-9,11,13H2,1-3H3;3-6,9,16H,7-8,10,12H2,1-2H3;;1H/q+1;;;/p-1. The molecule has 0 aliphatic carbocycles. The Hall–Kier alpha value is -5.29. The molecule has 293 valence electrons. The van der Waals surface area contributed by atoms with E-state index in [0.29, 0.717) is 74.1 Å². The number of ether oxygens (including phenoxy) is 6. The number of likely N-dealkylation sites (N-methyl/N-ethyl adjacent to an activating group) is 2. The van der Waals surface area contributed by atoms with Crippen molar-refractivity contribution in [2.24, 2.45) is 0 Å². The quantitative estimate of drug-likeness (QED) is 0.112. The third-order valence-electron chi connectivity index (χ3n) is 11.1. The summed E-state index contributed by atoms with van der Waals surface area (Å²) < 4.78 is 34.4. The summed E-state index contributed by atoms with van der Waals surface area (Å²) in [6, 6.07) is 21.6. The molecule has 0 fully saturated rings. The van der Waals surface area contributed by atoms with Gasteiger partial charge in [-0.15, -0.1) is 0 Å². The number of methoxy groups -OCH3 is 2. The molecule has 12 nitrogen and oxygen atoms in total. The first kappa shape index (κ1) is 42.8. The van der Waals surface area contributed by atoms with Crippen LogP contribution in [-0.4, -0.2) is 91.4 Å². The maximum absolute atomic E-state index is 13.1. The zero-order chi connectivity index (χ0) is 38.9. The predicted molar refractivity (Wildman–Crippen MR) is 207 cm³/mol. The fourth-order valence-electron chi connectivity index (χ4n) is 7.95. The van der Waals surface area contributed by atoms with Gasteiger partial charge in [0.1, 0.15) is 6.04 Å². The Balaban J connectivity index is 0.000000210. The van der Waals surface area contributed by atoms with Crippen LogP contribution in [0, 0.1) is 22.7 Å². The van der Waals surface area contributed by atoms with Crippen molar-refractivity contribution >= 4 is 20.0 Å². The molecule has 3 radical (unpaired) electrons. The number of rotatable bonds is 8. The van der Waals surface area contributed by atoms with E-state index in [2.05, 4.69) is 31.1 Å². The number of Topliss-reactive ketones (excluding diaryl/α,β-unsaturated/α-hetero) is 2. The van der Waals surface area contributed by atoms with Gasteiger partial charge in [0.15, 0.2) is 34.6 Å². The molecule has 4 aromatic rings. The van der Waals surface area contributed by atoms with Gasteiger partial charge in [0.05, 0.1) is 70.1 Å². The summed E-state index contributed by atoms with van der Waals surface area (Å²) in [5.74, 6) is 4.06. The van der Waals surface area contributed by atoms with Crippen molar-refractivity contribution in [3.63, 3.8) is 0 Å². The van der Waals surface area contributed by atoms with Gasteiger partial charge in [-0.05, 0) is 61.0 Å². The molecule has 4 heterocycles. The van der Waals surface area contributed by atoms with Gasteiger partial charge in [0.25, 0.3) is 0 Å². The van der Waals surface area contributed by atoms with E-state index < -0.39 is 0 Å². The molecule has 4 aliphatic rings. The molecule has 0 saturated heterocycles. The van der Waals surface area contributed by atoms with Gasteiger partial charge in [-0.2, -0.15) is 10.5 Å². The fraction of sp³-hybridized carbons (Fsp3) is 0.349. The predicted octanol–water partition coefficient (Wildman–Crippen LogP) is 2.96. The highest BCUT2D eigenvalue weighted by Gasteiger charge is 2.42. The van der Waals surface area contributed by atoms with Crippen LogP contribution >= 0.6 is 0 Å². The lowest BCUT2D eigenvalue weighted by Gasteiger charge is -2.43. The molecule has 0 aromatic heterocycles. The third-order valence-corrected chi connectivity index (χ3v) is 11.1. The Morgan fingerprint density at radius 3 is 1.72 bits per heavy atom. The number of fused-ring (bicyclic) bond motifs is 4. The summed E-state index contributed by atoms with van der Waals surface area (Å²) in [6.45, 7) is 2.13. The van der Waals surface area contributed by atoms with E-state index >= 15 is 0 Å². The van der Waals surface area contributed by atoms with Crippen molar-refractivity contribution < 1.29 is 66.5 Å². The largest absolute Gasteiger partial charge is 1.00 e. The van der Waals surface area contributed by atoms with E-state index in [4.69, 9.17) is 38.9 Å². The smallest absolute Gasteiger partial charge is 0.231 e. The molecule has 8 rings (SSSR count). The zero-order valence-electron chi connectivity index (χ0n) is 32.6. The van der Waals surface area contributed by atoms with Crippen molar-refractivity contribution in [1.29, 1.82) is 10.5 Å². The van der Waals surface area contributed by atoms with E-state index in [-0.39, 0.29) is 69.6 Å². The molecule has 0 N–H and O–H groups in total. The molecular formula is C43H43BIN4O8. The first-order chi connectivity index (χ1) is 26.6. The van der Waals surface area contributed by atoms with Crippen LogP contribution < -0.4 is 52.4 Å². The van der Waals surface area contributed by atoms with Crippen LogP contribution in [-0.2, 0) is 12.8 Å². The van der Waals surface area contributed by atoms with Crippen molar-refractivity contribution in [2.45, 2.75) is 37.8 Å². The van der Waals surface area contributed by atoms with E-state index in [0.717, 1.165) is 48.2 Å². The second-order valence-corrected chi connectivity index (χ2v) is 14.6. The van der Waals surface area contributed by atoms with Crippen LogP contribution in [0.4, 0.5) is 0 Å². The average Bonchev–Trinajstić information content (AvgIpc) is 3.88. The molecule has 0 amide bonds. The number of hydrogen-bond donors (Lipinski definition) is 0. The molecule has 4 aromatic carbocycles. The number of carbonyl (C=O) groups is 2. The number of carbonyl (C=O) groups excluding carboxylic acids is 2. The molecule has 2 atom stereocenters. The molecule has 2 unspecified atom stereocenters. The summed E-state index contributed by atoms with van der Waals surface area (Å²) in [5.41, 5.74) is 6.62. The van der Waals surface area contributed by atoms with Crippen LogP contribution in [0.3, 0.4) is 0 Å². The SMILES string of the molecule is COc1c2c(cc3c1C(CC(=O)c1ccc(C#N)cc1)N(C)CC3)OCO2.COc1c2c(cc3c1C(CC(=O)c1ccc(C#N)cc1)[N+](C)(C)CC3)OCO2.[B].[I-].